The number of anilines is 2. The third kappa shape index (κ3) is 8.09. The zero-order chi connectivity index (χ0) is 23.3. The average molecular weight is 458 g/mol. The smallest absolute Gasteiger partial charge is 0.306 e. The Balaban J connectivity index is 1.90. The maximum absolute atomic E-state index is 13.0. The minimum absolute atomic E-state index is 0.0608. The highest BCUT2D eigenvalue weighted by Crippen LogP contribution is 2.18. The van der Waals surface area contributed by atoms with Crippen molar-refractivity contribution in [3.05, 3.63) is 60.2 Å². The maximum Gasteiger partial charge on any atom is 0.306 e. The summed E-state index contributed by atoms with van der Waals surface area (Å²) in [5, 5.41) is 5.48. The third-order valence-corrected chi connectivity index (χ3v) is 4.56. The number of carbonyl (C=O) groups is 3. The van der Waals surface area contributed by atoms with Crippen molar-refractivity contribution >= 4 is 46.5 Å². The van der Waals surface area contributed by atoms with Crippen molar-refractivity contribution in [2.75, 3.05) is 37.1 Å². The molecule has 0 bridgehead atoms. The molecule has 9 heteroatoms. The van der Waals surface area contributed by atoms with E-state index in [0.29, 0.717) is 24.4 Å². The van der Waals surface area contributed by atoms with Crippen molar-refractivity contribution in [1.82, 2.24) is 5.32 Å². The first-order chi connectivity index (χ1) is 15.4. The van der Waals surface area contributed by atoms with Gasteiger partial charge in [-0.15, -0.1) is 0 Å². The highest BCUT2D eigenvalue weighted by molar-refractivity contribution is 7.80. The van der Waals surface area contributed by atoms with Crippen LogP contribution in [0.1, 0.15) is 30.1 Å². The Morgan fingerprint density at radius 1 is 1.00 bits per heavy atom. The molecule has 0 aliphatic rings. The summed E-state index contributed by atoms with van der Waals surface area (Å²) < 4.78 is 9.69. The van der Waals surface area contributed by atoms with E-state index in [1.807, 2.05) is 37.3 Å². The zero-order valence-corrected chi connectivity index (χ0v) is 18.9. The van der Waals surface area contributed by atoms with Gasteiger partial charge >= 0.3 is 5.97 Å². The van der Waals surface area contributed by atoms with Crippen LogP contribution in [0.15, 0.2) is 54.6 Å². The minimum atomic E-state index is -0.485. The van der Waals surface area contributed by atoms with Gasteiger partial charge in [-0.2, -0.15) is 0 Å². The Morgan fingerprint density at radius 2 is 1.75 bits per heavy atom. The van der Waals surface area contributed by atoms with Crippen LogP contribution in [0.3, 0.4) is 0 Å². The number of esters is 1. The Morgan fingerprint density at radius 3 is 2.44 bits per heavy atom. The lowest BCUT2D eigenvalue weighted by atomic mass is 10.1. The zero-order valence-electron chi connectivity index (χ0n) is 18.1. The molecule has 0 unspecified atom stereocenters. The number of carbonyl (C=O) groups excluding carboxylic acids is 3. The minimum Gasteiger partial charge on any atom is -0.463 e. The van der Waals surface area contributed by atoms with Crippen molar-refractivity contribution in [3.63, 3.8) is 0 Å². The molecule has 0 heterocycles. The van der Waals surface area contributed by atoms with Gasteiger partial charge in [-0.05, 0) is 49.5 Å². The number of methoxy groups -OCH3 is 1. The lowest BCUT2D eigenvalue weighted by Gasteiger charge is -2.21. The lowest BCUT2D eigenvalue weighted by molar-refractivity contribution is -0.146. The van der Waals surface area contributed by atoms with Crippen molar-refractivity contribution in [2.24, 2.45) is 0 Å². The molecule has 2 amide bonds. The van der Waals surface area contributed by atoms with Gasteiger partial charge in [0, 0.05) is 37.0 Å². The number of amides is 2. The molecule has 2 aromatic rings. The molecule has 0 aromatic heterocycles. The van der Waals surface area contributed by atoms with E-state index in [1.54, 1.807) is 29.2 Å². The molecule has 0 aliphatic heterocycles. The van der Waals surface area contributed by atoms with E-state index in [0.717, 1.165) is 5.69 Å². The highest BCUT2D eigenvalue weighted by Gasteiger charge is 2.16. The number of ether oxygens (including phenoxy) is 2. The molecule has 0 saturated carbocycles. The predicted octanol–water partition coefficient (Wildman–Crippen LogP) is 3.14. The third-order valence-electron chi connectivity index (χ3n) is 4.36. The number of hydrogen-bond donors (Lipinski definition) is 2. The fourth-order valence-electron chi connectivity index (χ4n) is 2.82. The number of thiocarbonyl (C=S) groups is 1. The quantitative estimate of drug-likeness (QED) is 0.321. The predicted molar refractivity (Wildman–Crippen MR) is 127 cm³/mol. The van der Waals surface area contributed by atoms with Crippen LogP contribution in [0.2, 0.25) is 0 Å². The van der Waals surface area contributed by atoms with E-state index in [1.165, 1.54) is 7.11 Å². The van der Waals surface area contributed by atoms with E-state index < -0.39 is 11.9 Å². The summed E-state index contributed by atoms with van der Waals surface area (Å²) in [5.41, 5.74) is 1.85. The molecule has 0 spiro atoms. The van der Waals surface area contributed by atoms with Gasteiger partial charge in [0.2, 0.25) is 5.91 Å². The van der Waals surface area contributed by atoms with E-state index in [-0.39, 0.29) is 30.5 Å². The first-order valence-electron chi connectivity index (χ1n) is 10.2. The molecular weight excluding hydrogens is 430 g/mol. The van der Waals surface area contributed by atoms with Crippen molar-refractivity contribution < 1.29 is 23.9 Å². The molecule has 32 heavy (non-hydrogen) atoms. The van der Waals surface area contributed by atoms with Crippen molar-refractivity contribution in [3.8, 4) is 0 Å². The van der Waals surface area contributed by atoms with Crippen LogP contribution in [0.25, 0.3) is 0 Å². The number of benzene rings is 2. The Bertz CT molecular complexity index is 936. The summed E-state index contributed by atoms with van der Waals surface area (Å²) in [6.45, 7) is 2.87. The summed E-state index contributed by atoms with van der Waals surface area (Å²) in [7, 11) is 1.50. The molecular formula is C23H27N3O5S. The van der Waals surface area contributed by atoms with Gasteiger partial charge in [-0.3, -0.25) is 14.4 Å². The topological polar surface area (TPSA) is 97.0 Å². The Kier molecular flexibility index (Phi) is 10.3. The molecule has 0 atom stereocenters. The van der Waals surface area contributed by atoms with Crippen molar-refractivity contribution in [1.29, 1.82) is 0 Å². The van der Waals surface area contributed by atoms with Gasteiger partial charge < -0.3 is 25.0 Å². The average Bonchev–Trinajstić information content (AvgIpc) is 2.79. The van der Waals surface area contributed by atoms with Crippen LogP contribution >= 0.6 is 12.2 Å². The summed E-state index contributed by atoms with van der Waals surface area (Å²) in [4.78, 5) is 38.2. The second kappa shape index (κ2) is 13.2. The number of rotatable bonds is 10. The summed E-state index contributed by atoms with van der Waals surface area (Å²) in [6.07, 6.45) is -0.122. The van der Waals surface area contributed by atoms with Crippen LogP contribution in [0.5, 0.6) is 0 Å². The van der Waals surface area contributed by atoms with Crippen LogP contribution in [-0.4, -0.2) is 49.8 Å². The van der Waals surface area contributed by atoms with E-state index in [4.69, 9.17) is 21.7 Å². The van der Waals surface area contributed by atoms with Gasteiger partial charge in [0.1, 0.15) is 6.61 Å². The molecule has 0 radical (unpaired) electrons. The monoisotopic (exact) mass is 457 g/mol. The van der Waals surface area contributed by atoms with Crippen LogP contribution in [0.4, 0.5) is 11.4 Å². The molecule has 0 aliphatic carbocycles. The van der Waals surface area contributed by atoms with Gasteiger partial charge in [0.05, 0.1) is 13.0 Å². The standard InChI is InChI=1S/C23H27N3O5S/c1-3-26(19-10-5-4-6-11-19)22(29)17-8-7-9-18(16-17)24-23(32)25-20(27)12-13-21(28)31-15-14-30-2/h4-11,16H,3,12-15H2,1-2H3,(H2,24,25,27,32). The van der Waals surface area contributed by atoms with Crippen LogP contribution < -0.4 is 15.5 Å². The summed E-state index contributed by atoms with van der Waals surface area (Å²) in [6, 6.07) is 16.3. The Hall–Kier alpha value is -3.30. The molecule has 0 fully saturated rings. The highest BCUT2D eigenvalue weighted by atomic mass is 32.1. The lowest BCUT2D eigenvalue weighted by Crippen LogP contribution is -2.34. The van der Waals surface area contributed by atoms with Gasteiger partial charge in [0.25, 0.3) is 5.91 Å². The van der Waals surface area contributed by atoms with E-state index >= 15 is 0 Å². The van der Waals surface area contributed by atoms with Crippen LogP contribution in [-0.2, 0) is 19.1 Å². The first-order valence-corrected chi connectivity index (χ1v) is 10.6. The molecule has 2 N–H and O–H groups in total. The molecule has 0 saturated heterocycles. The normalized spacial score (nSPS) is 10.2. The number of hydrogen-bond acceptors (Lipinski definition) is 6. The van der Waals surface area contributed by atoms with E-state index in [9.17, 15) is 14.4 Å². The first kappa shape index (κ1) is 25.0. The molecule has 170 valence electrons. The SMILES string of the molecule is CCN(C(=O)c1cccc(NC(=S)NC(=O)CCC(=O)OCCOC)c1)c1ccccc1. The second-order valence-electron chi connectivity index (χ2n) is 6.68. The number of nitrogens with one attached hydrogen (secondary N) is 2. The summed E-state index contributed by atoms with van der Waals surface area (Å²) >= 11 is 5.17. The van der Waals surface area contributed by atoms with E-state index in [2.05, 4.69) is 10.6 Å². The maximum atomic E-state index is 13.0. The molecule has 2 aromatic carbocycles. The Labute approximate surface area is 192 Å². The number of nitrogens with zero attached hydrogens (tertiary/aromatic N) is 1. The van der Waals surface area contributed by atoms with Gasteiger partial charge in [0.15, 0.2) is 5.11 Å². The van der Waals surface area contributed by atoms with Gasteiger partial charge in [-0.1, -0.05) is 24.3 Å². The van der Waals surface area contributed by atoms with Gasteiger partial charge in [-0.25, -0.2) is 0 Å². The second-order valence-corrected chi connectivity index (χ2v) is 7.09. The number of para-hydroxylation sites is 1. The van der Waals surface area contributed by atoms with Crippen molar-refractivity contribution in [2.45, 2.75) is 19.8 Å². The largest absolute Gasteiger partial charge is 0.463 e. The molecule has 8 nitrogen and oxygen atoms in total. The summed E-state index contributed by atoms with van der Waals surface area (Å²) in [5.74, 6) is -1.05. The van der Waals surface area contributed by atoms with Crippen LogP contribution in [0, 0.1) is 0 Å². The fraction of sp³-hybridized carbons (Fsp3) is 0.304. The molecule has 2 rings (SSSR count). The fourth-order valence-corrected chi connectivity index (χ4v) is 3.05.